The Morgan fingerprint density at radius 3 is 2.61 bits per heavy atom. The van der Waals surface area contributed by atoms with E-state index in [0.29, 0.717) is 5.92 Å². The minimum atomic E-state index is 0.0786. The van der Waals surface area contributed by atoms with Crippen molar-refractivity contribution in [1.82, 2.24) is 4.90 Å². The maximum absolute atomic E-state index is 9.55. The monoisotopic (exact) mass is 242 g/mol. The van der Waals surface area contributed by atoms with Crippen molar-refractivity contribution in [2.24, 2.45) is 5.92 Å². The van der Waals surface area contributed by atoms with Crippen LogP contribution in [0.4, 0.5) is 0 Å². The summed E-state index contributed by atoms with van der Waals surface area (Å²) in [6.07, 6.45) is 3.31. The van der Waals surface area contributed by atoms with Crippen molar-refractivity contribution in [3.8, 4) is 6.07 Å². The molecule has 1 atom stereocenters. The molecule has 18 heavy (non-hydrogen) atoms. The first-order chi connectivity index (χ1) is 8.76. The molecule has 96 valence electrons. The number of rotatable bonds is 3. The van der Waals surface area contributed by atoms with Gasteiger partial charge < -0.3 is 4.90 Å². The first kappa shape index (κ1) is 13.1. The number of hydrogen-bond acceptors (Lipinski definition) is 2. The lowest BCUT2D eigenvalue weighted by Crippen LogP contribution is -2.32. The number of nitriles is 1. The number of hydrogen-bond donors (Lipinski definition) is 0. The highest BCUT2D eigenvalue weighted by Gasteiger charge is 2.27. The van der Waals surface area contributed by atoms with Crippen molar-refractivity contribution in [1.29, 1.82) is 5.26 Å². The van der Waals surface area contributed by atoms with Gasteiger partial charge in [-0.1, -0.05) is 31.2 Å². The van der Waals surface area contributed by atoms with Crippen LogP contribution in [0, 0.1) is 17.2 Å². The van der Waals surface area contributed by atoms with E-state index in [9.17, 15) is 5.26 Å². The lowest BCUT2D eigenvalue weighted by Gasteiger charge is -2.32. The van der Waals surface area contributed by atoms with Crippen LogP contribution in [-0.4, -0.2) is 25.0 Å². The zero-order chi connectivity index (χ0) is 13.0. The second kappa shape index (κ2) is 6.02. The average molecular weight is 242 g/mol. The second-order valence-corrected chi connectivity index (χ2v) is 5.30. The molecule has 1 saturated heterocycles. The van der Waals surface area contributed by atoms with Crippen molar-refractivity contribution < 1.29 is 0 Å². The smallest absolute Gasteiger partial charge is 0.0744 e. The third-order valence-corrected chi connectivity index (χ3v) is 4.14. The Hall–Kier alpha value is -1.33. The van der Waals surface area contributed by atoms with E-state index in [0.717, 1.165) is 32.4 Å². The topological polar surface area (TPSA) is 27.0 Å². The van der Waals surface area contributed by atoms with Crippen LogP contribution in [0.25, 0.3) is 0 Å². The molecule has 2 nitrogen and oxygen atoms in total. The second-order valence-electron chi connectivity index (χ2n) is 5.30. The molecule has 0 spiro atoms. The van der Waals surface area contributed by atoms with Gasteiger partial charge in [-0.05, 0) is 56.4 Å². The molecule has 0 aliphatic carbocycles. The fourth-order valence-corrected chi connectivity index (χ4v) is 2.95. The largest absolute Gasteiger partial charge is 0.306 e. The van der Waals surface area contributed by atoms with Gasteiger partial charge in [-0.15, -0.1) is 0 Å². The third-order valence-electron chi connectivity index (χ3n) is 4.14. The number of piperidine rings is 1. The summed E-state index contributed by atoms with van der Waals surface area (Å²) in [5, 5.41) is 9.55. The van der Waals surface area contributed by atoms with Gasteiger partial charge in [0.2, 0.25) is 0 Å². The van der Waals surface area contributed by atoms with Crippen LogP contribution in [0.2, 0.25) is 0 Å². The third kappa shape index (κ3) is 2.73. The lowest BCUT2D eigenvalue weighted by molar-refractivity contribution is 0.210. The van der Waals surface area contributed by atoms with Crippen LogP contribution in [-0.2, 0) is 6.42 Å². The van der Waals surface area contributed by atoms with E-state index < -0.39 is 0 Å². The maximum Gasteiger partial charge on any atom is 0.0744 e. The van der Waals surface area contributed by atoms with Crippen LogP contribution in [0.5, 0.6) is 0 Å². The van der Waals surface area contributed by atoms with Crippen molar-refractivity contribution in [2.75, 3.05) is 20.1 Å². The highest BCUT2D eigenvalue weighted by atomic mass is 15.1. The molecule has 1 fully saturated rings. The van der Waals surface area contributed by atoms with E-state index in [1.165, 1.54) is 11.1 Å². The fourth-order valence-electron chi connectivity index (χ4n) is 2.95. The van der Waals surface area contributed by atoms with Crippen molar-refractivity contribution in [3.05, 3.63) is 35.4 Å². The summed E-state index contributed by atoms with van der Waals surface area (Å²) in [5.74, 6) is 0.605. The van der Waals surface area contributed by atoms with Gasteiger partial charge in [0.25, 0.3) is 0 Å². The van der Waals surface area contributed by atoms with Crippen LogP contribution in [0.3, 0.4) is 0 Å². The Kier molecular flexibility index (Phi) is 4.38. The molecule has 1 aromatic carbocycles. The Bertz CT molecular complexity index is 425. The molecule has 2 rings (SSSR count). The SMILES string of the molecule is CCc1ccccc1C(C#N)C1CCN(C)CC1. The quantitative estimate of drug-likeness (QED) is 0.814. The zero-order valence-electron chi connectivity index (χ0n) is 11.4. The Morgan fingerprint density at radius 2 is 2.00 bits per heavy atom. The molecule has 1 aliphatic heterocycles. The van der Waals surface area contributed by atoms with E-state index in [1.54, 1.807) is 0 Å². The number of likely N-dealkylation sites (tertiary alicyclic amines) is 1. The zero-order valence-corrected chi connectivity index (χ0v) is 11.4. The summed E-state index contributed by atoms with van der Waals surface area (Å²) in [6.45, 7) is 4.41. The summed E-state index contributed by atoms with van der Waals surface area (Å²) in [4.78, 5) is 2.36. The molecular formula is C16H22N2. The van der Waals surface area contributed by atoms with Crippen LogP contribution >= 0.6 is 0 Å². The Morgan fingerprint density at radius 1 is 1.33 bits per heavy atom. The van der Waals surface area contributed by atoms with Gasteiger partial charge in [0.05, 0.1) is 12.0 Å². The van der Waals surface area contributed by atoms with E-state index in [-0.39, 0.29) is 5.92 Å². The maximum atomic E-state index is 9.55. The normalized spacial score (nSPS) is 19.4. The summed E-state index contributed by atoms with van der Waals surface area (Å²) < 4.78 is 0. The molecule has 1 unspecified atom stereocenters. The van der Waals surface area contributed by atoms with Gasteiger partial charge in [-0.3, -0.25) is 0 Å². The van der Waals surface area contributed by atoms with Gasteiger partial charge in [-0.25, -0.2) is 0 Å². The molecular weight excluding hydrogens is 220 g/mol. The lowest BCUT2D eigenvalue weighted by atomic mass is 9.79. The van der Waals surface area contributed by atoms with E-state index in [4.69, 9.17) is 0 Å². The van der Waals surface area contributed by atoms with Crippen molar-refractivity contribution in [2.45, 2.75) is 32.1 Å². The van der Waals surface area contributed by atoms with Crippen molar-refractivity contribution in [3.63, 3.8) is 0 Å². The molecule has 2 heteroatoms. The van der Waals surface area contributed by atoms with Crippen molar-refractivity contribution >= 4 is 0 Å². The molecule has 0 bridgehead atoms. The summed E-state index contributed by atoms with van der Waals surface area (Å²) in [7, 11) is 2.16. The first-order valence-corrected chi connectivity index (χ1v) is 6.92. The summed E-state index contributed by atoms with van der Waals surface area (Å²) in [6, 6.07) is 11.0. The van der Waals surface area contributed by atoms with E-state index in [2.05, 4.69) is 49.2 Å². The van der Waals surface area contributed by atoms with Crippen LogP contribution in [0.1, 0.15) is 36.8 Å². The van der Waals surface area contributed by atoms with Gasteiger partial charge in [-0.2, -0.15) is 5.26 Å². The minimum Gasteiger partial charge on any atom is -0.306 e. The molecule has 0 amide bonds. The van der Waals surface area contributed by atoms with Crippen LogP contribution < -0.4 is 0 Å². The van der Waals surface area contributed by atoms with Gasteiger partial charge in [0, 0.05) is 0 Å². The number of aryl methyl sites for hydroxylation is 1. The molecule has 0 saturated carbocycles. The number of nitrogens with zero attached hydrogens (tertiary/aromatic N) is 2. The standard InChI is InChI=1S/C16H22N2/c1-3-13-6-4-5-7-15(13)16(12-17)14-8-10-18(2)11-9-14/h4-7,14,16H,3,8-11H2,1-2H3. The summed E-state index contributed by atoms with van der Waals surface area (Å²) in [5.41, 5.74) is 2.60. The predicted octanol–water partition coefficient (Wildman–Crippen LogP) is 3.20. The minimum absolute atomic E-state index is 0.0786. The molecule has 0 aromatic heterocycles. The molecule has 1 aromatic rings. The number of benzene rings is 1. The van der Waals surface area contributed by atoms with Gasteiger partial charge in [0.15, 0.2) is 0 Å². The first-order valence-electron chi connectivity index (χ1n) is 6.92. The Balaban J connectivity index is 2.20. The summed E-state index contributed by atoms with van der Waals surface area (Å²) >= 11 is 0. The van der Waals surface area contributed by atoms with E-state index in [1.807, 2.05) is 0 Å². The Labute approximate surface area is 110 Å². The van der Waals surface area contributed by atoms with Gasteiger partial charge >= 0.3 is 0 Å². The molecule has 0 N–H and O–H groups in total. The molecule has 1 heterocycles. The molecule has 0 radical (unpaired) electrons. The average Bonchev–Trinajstić information content (AvgIpc) is 2.42. The molecule has 1 aliphatic rings. The predicted molar refractivity (Wildman–Crippen MR) is 74.4 cm³/mol. The van der Waals surface area contributed by atoms with Crippen LogP contribution in [0.15, 0.2) is 24.3 Å². The highest BCUT2D eigenvalue weighted by Crippen LogP contribution is 2.33. The van der Waals surface area contributed by atoms with E-state index >= 15 is 0 Å². The fraction of sp³-hybridized carbons (Fsp3) is 0.562. The van der Waals surface area contributed by atoms with Gasteiger partial charge in [0.1, 0.15) is 0 Å². The highest BCUT2D eigenvalue weighted by molar-refractivity contribution is 5.34.